The number of non-ortho nitro benzene ring substituents is 1. The number of piperidine rings is 1. The molecule has 8 nitrogen and oxygen atoms in total. The highest BCUT2D eigenvalue weighted by atomic mass is 16.6. The molecule has 0 bridgehead atoms. The van der Waals surface area contributed by atoms with E-state index in [9.17, 15) is 25.7 Å². The zero-order chi connectivity index (χ0) is 19.4. The van der Waals surface area contributed by atoms with Crippen LogP contribution in [0.4, 0.5) is 22.7 Å². The molecule has 0 aromatic heterocycles. The van der Waals surface area contributed by atoms with E-state index in [4.69, 9.17) is 0 Å². The lowest BCUT2D eigenvalue weighted by atomic mass is 10.0. The second-order valence-corrected chi connectivity index (χ2v) is 6.29. The summed E-state index contributed by atoms with van der Waals surface area (Å²) in [5.74, 6) is 0. The van der Waals surface area contributed by atoms with Crippen molar-refractivity contribution in [3.63, 3.8) is 0 Å². The fraction of sp³-hybridized carbons (Fsp3) is 0.263. The molecule has 0 saturated carbocycles. The number of rotatable bonds is 4. The van der Waals surface area contributed by atoms with Gasteiger partial charge in [0.1, 0.15) is 12.1 Å². The SMILES string of the molecule is N#Cc1cc([N+](=O)[O-])ccc1Nc1ccc(N2CCC(O)CC2)c(C#N)c1. The first-order chi connectivity index (χ1) is 13.0. The van der Waals surface area contributed by atoms with Crippen molar-refractivity contribution < 1.29 is 10.0 Å². The summed E-state index contributed by atoms with van der Waals surface area (Å²) >= 11 is 0. The van der Waals surface area contributed by atoms with E-state index >= 15 is 0 Å². The Hall–Kier alpha value is -3.62. The van der Waals surface area contributed by atoms with Gasteiger partial charge < -0.3 is 15.3 Å². The highest BCUT2D eigenvalue weighted by Gasteiger charge is 2.20. The predicted octanol–water partition coefficient (Wildman–Crippen LogP) is 3.04. The third kappa shape index (κ3) is 3.97. The second kappa shape index (κ2) is 7.73. The Labute approximate surface area is 156 Å². The molecule has 0 atom stereocenters. The smallest absolute Gasteiger partial charge is 0.270 e. The number of anilines is 3. The first kappa shape index (κ1) is 18.2. The molecule has 0 amide bonds. The van der Waals surface area contributed by atoms with Gasteiger partial charge in [-0.15, -0.1) is 0 Å². The molecule has 136 valence electrons. The van der Waals surface area contributed by atoms with Crippen molar-refractivity contribution in [2.24, 2.45) is 0 Å². The van der Waals surface area contributed by atoms with Gasteiger partial charge >= 0.3 is 0 Å². The van der Waals surface area contributed by atoms with Crippen LogP contribution in [-0.4, -0.2) is 29.2 Å². The van der Waals surface area contributed by atoms with Crippen LogP contribution >= 0.6 is 0 Å². The van der Waals surface area contributed by atoms with Gasteiger partial charge in [0.15, 0.2) is 0 Å². The van der Waals surface area contributed by atoms with Crippen molar-refractivity contribution in [1.29, 1.82) is 10.5 Å². The lowest BCUT2D eigenvalue weighted by molar-refractivity contribution is -0.384. The Balaban J connectivity index is 1.86. The maximum atomic E-state index is 10.8. The van der Waals surface area contributed by atoms with Crippen LogP contribution in [0.25, 0.3) is 0 Å². The number of benzene rings is 2. The van der Waals surface area contributed by atoms with Gasteiger partial charge in [-0.1, -0.05) is 0 Å². The minimum atomic E-state index is -0.553. The number of nitrogens with zero attached hydrogens (tertiary/aromatic N) is 4. The molecule has 27 heavy (non-hydrogen) atoms. The normalized spacial score (nSPS) is 14.3. The molecule has 1 aliphatic rings. The lowest BCUT2D eigenvalue weighted by Crippen LogP contribution is -2.36. The molecule has 0 aliphatic carbocycles. The third-order valence-corrected chi connectivity index (χ3v) is 4.54. The average Bonchev–Trinajstić information content (AvgIpc) is 2.68. The molecule has 2 aromatic rings. The van der Waals surface area contributed by atoms with E-state index < -0.39 is 4.92 Å². The number of aliphatic hydroxyl groups is 1. The molecule has 3 rings (SSSR count). The van der Waals surface area contributed by atoms with Crippen LogP contribution in [0.2, 0.25) is 0 Å². The lowest BCUT2D eigenvalue weighted by Gasteiger charge is -2.32. The number of hydrogen-bond acceptors (Lipinski definition) is 7. The summed E-state index contributed by atoms with van der Waals surface area (Å²) in [5, 5.41) is 42.3. The molecule has 0 radical (unpaired) electrons. The highest BCUT2D eigenvalue weighted by molar-refractivity contribution is 5.72. The van der Waals surface area contributed by atoms with E-state index in [2.05, 4.69) is 16.3 Å². The van der Waals surface area contributed by atoms with Crippen molar-refractivity contribution in [1.82, 2.24) is 0 Å². The summed E-state index contributed by atoms with van der Waals surface area (Å²) in [7, 11) is 0. The average molecular weight is 363 g/mol. The van der Waals surface area contributed by atoms with E-state index in [1.165, 1.54) is 18.2 Å². The Morgan fingerprint density at radius 3 is 2.44 bits per heavy atom. The van der Waals surface area contributed by atoms with Crippen LogP contribution in [0.5, 0.6) is 0 Å². The van der Waals surface area contributed by atoms with Crippen LogP contribution in [0.3, 0.4) is 0 Å². The van der Waals surface area contributed by atoms with Gasteiger partial charge in [0.2, 0.25) is 0 Å². The van der Waals surface area contributed by atoms with E-state index in [1.807, 2.05) is 12.1 Å². The van der Waals surface area contributed by atoms with Gasteiger partial charge in [-0.25, -0.2) is 0 Å². The number of nitro benzene ring substituents is 1. The Morgan fingerprint density at radius 1 is 1.11 bits per heavy atom. The monoisotopic (exact) mass is 363 g/mol. The summed E-state index contributed by atoms with van der Waals surface area (Å²) in [6, 6.07) is 13.4. The maximum absolute atomic E-state index is 10.8. The van der Waals surface area contributed by atoms with Gasteiger partial charge in [-0.05, 0) is 37.1 Å². The molecule has 1 heterocycles. The first-order valence-corrected chi connectivity index (χ1v) is 8.44. The maximum Gasteiger partial charge on any atom is 0.270 e. The van der Waals surface area contributed by atoms with Crippen molar-refractivity contribution in [3.05, 3.63) is 57.6 Å². The number of aliphatic hydroxyl groups excluding tert-OH is 1. The van der Waals surface area contributed by atoms with Crippen LogP contribution in [-0.2, 0) is 0 Å². The number of nitriles is 2. The number of nitrogens with one attached hydrogen (secondary N) is 1. The molecule has 2 N–H and O–H groups in total. The summed E-state index contributed by atoms with van der Waals surface area (Å²) in [5.41, 5.74) is 2.32. The minimum Gasteiger partial charge on any atom is -0.393 e. The summed E-state index contributed by atoms with van der Waals surface area (Å²) in [6.07, 6.45) is 1.04. The molecular formula is C19H17N5O3. The van der Waals surface area contributed by atoms with E-state index in [-0.39, 0.29) is 17.4 Å². The van der Waals surface area contributed by atoms with Crippen LogP contribution in [0, 0.1) is 32.8 Å². The number of nitro groups is 1. The molecule has 2 aromatic carbocycles. The van der Waals surface area contributed by atoms with Crippen molar-refractivity contribution in [2.75, 3.05) is 23.3 Å². The van der Waals surface area contributed by atoms with Crippen molar-refractivity contribution in [3.8, 4) is 12.1 Å². The van der Waals surface area contributed by atoms with Crippen LogP contribution < -0.4 is 10.2 Å². The van der Waals surface area contributed by atoms with Crippen molar-refractivity contribution in [2.45, 2.75) is 18.9 Å². The zero-order valence-electron chi connectivity index (χ0n) is 14.4. The van der Waals surface area contributed by atoms with Gasteiger partial charge in [0.25, 0.3) is 5.69 Å². The second-order valence-electron chi connectivity index (χ2n) is 6.29. The molecule has 8 heteroatoms. The van der Waals surface area contributed by atoms with Gasteiger partial charge in [-0.2, -0.15) is 10.5 Å². The Morgan fingerprint density at radius 2 is 1.81 bits per heavy atom. The minimum absolute atomic E-state index is 0.150. The summed E-state index contributed by atoms with van der Waals surface area (Å²) in [4.78, 5) is 12.4. The Bertz CT molecular complexity index is 953. The van der Waals surface area contributed by atoms with Crippen LogP contribution in [0.1, 0.15) is 24.0 Å². The number of hydrogen-bond donors (Lipinski definition) is 2. The van der Waals surface area contributed by atoms with E-state index in [0.717, 1.165) is 5.69 Å². The summed E-state index contributed by atoms with van der Waals surface area (Å²) in [6.45, 7) is 1.37. The van der Waals surface area contributed by atoms with Gasteiger partial charge in [0, 0.05) is 30.9 Å². The zero-order valence-corrected chi connectivity index (χ0v) is 14.4. The topological polar surface area (TPSA) is 126 Å². The third-order valence-electron chi connectivity index (χ3n) is 4.54. The molecular weight excluding hydrogens is 346 g/mol. The molecule has 0 unspecified atom stereocenters. The van der Waals surface area contributed by atoms with Crippen LogP contribution in [0.15, 0.2) is 36.4 Å². The predicted molar refractivity (Wildman–Crippen MR) is 99.7 cm³/mol. The van der Waals surface area contributed by atoms with Crippen molar-refractivity contribution >= 4 is 22.7 Å². The molecule has 1 saturated heterocycles. The fourth-order valence-electron chi connectivity index (χ4n) is 3.09. The molecule has 0 spiro atoms. The largest absolute Gasteiger partial charge is 0.393 e. The first-order valence-electron chi connectivity index (χ1n) is 8.44. The molecule has 1 aliphatic heterocycles. The highest BCUT2D eigenvalue weighted by Crippen LogP contribution is 2.30. The van der Waals surface area contributed by atoms with E-state index in [1.54, 1.807) is 12.1 Å². The molecule has 1 fully saturated rings. The fourth-order valence-corrected chi connectivity index (χ4v) is 3.09. The standard InChI is InChI=1S/C19H17N5O3/c20-11-13-10-16(24(26)27)2-3-18(13)22-15-1-4-19(14(9-15)12-21)23-7-5-17(25)6-8-23/h1-4,9-10,17,22,25H,5-8H2. The van der Waals surface area contributed by atoms with E-state index in [0.29, 0.717) is 42.9 Å². The quantitative estimate of drug-likeness (QED) is 0.631. The van der Waals surface area contributed by atoms with Gasteiger partial charge in [0.05, 0.1) is 33.5 Å². The van der Waals surface area contributed by atoms with Gasteiger partial charge in [-0.3, -0.25) is 10.1 Å². The summed E-state index contributed by atoms with van der Waals surface area (Å²) < 4.78 is 0. The Kier molecular flexibility index (Phi) is 5.20.